The standard InChI is InChI=1S/C13H14INO2/c1-2-16-11-5-3-10(4-6-11)15-9-12-7-8-13(14)17-12/h3-8,15H,2,9H2,1H3. The zero-order valence-electron chi connectivity index (χ0n) is 9.57. The summed E-state index contributed by atoms with van der Waals surface area (Å²) in [6.45, 7) is 3.36. The van der Waals surface area contributed by atoms with Crippen molar-refractivity contribution in [3.63, 3.8) is 0 Å². The SMILES string of the molecule is CCOc1ccc(NCc2ccc(I)o2)cc1. The molecule has 0 atom stereocenters. The lowest BCUT2D eigenvalue weighted by Gasteiger charge is -2.06. The number of hydrogen-bond donors (Lipinski definition) is 1. The zero-order valence-corrected chi connectivity index (χ0v) is 11.7. The van der Waals surface area contributed by atoms with Gasteiger partial charge in [0.15, 0.2) is 3.77 Å². The van der Waals surface area contributed by atoms with Gasteiger partial charge < -0.3 is 14.5 Å². The number of benzene rings is 1. The van der Waals surface area contributed by atoms with E-state index >= 15 is 0 Å². The molecule has 4 heteroatoms. The molecule has 0 saturated carbocycles. The molecule has 1 N–H and O–H groups in total. The van der Waals surface area contributed by atoms with Gasteiger partial charge >= 0.3 is 0 Å². The maximum Gasteiger partial charge on any atom is 0.164 e. The van der Waals surface area contributed by atoms with E-state index < -0.39 is 0 Å². The van der Waals surface area contributed by atoms with Crippen LogP contribution in [0.4, 0.5) is 5.69 Å². The fourth-order valence-electron chi connectivity index (χ4n) is 1.47. The van der Waals surface area contributed by atoms with Crippen LogP contribution < -0.4 is 10.1 Å². The Bertz CT molecular complexity index is 465. The van der Waals surface area contributed by atoms with Gasteiger partial charge in [0.05, 0.1) is 13.2 Å². The highest BCUT2D eigenvalue weighted by Crippen LogP contribution is 2.17. The average Bonchev–Trinajstić information content (AvgIpc) is 2.75. The van der Waals surface area contributed by atoms with E-state index in [1.165, 1.54) is 0 Å². The second-order valence-corrected chi connectivity index (χ2v) is 4.58. The Balaban J connectivity index is 1.90. The number of nitrogens with one attached hydrogen (secondary N) is 1. The third-order valence-electron chi connectivity index (χ3n) is 2.26. The van der Waals surface area contributed by atoms with Gasteiger partial charge in [0.25, 0.3) is 0 Å². The molecule has 0 aliphatic heterocycles. The van der Waals surface area contributed by atoms with Gasteiger partial charge in [-0.1, -0.05) is 0 Å². The molecule has 0 radical (unpaired) electrons. The van der Waals surface area contributed by atoms with Gasteiger partial charge in [-0.15, -0.1) is 0 Å². The summed E-state index contributed by atoms with van der Waals surface area (Å²) in [6.07, 6.45) is 0. The van der Waals surface area contributed by atoms with Crippen LogP contribution in [0.1, 0.15) is 12.7 Å². The molecule has 0 aliphatic carbocycles. The molecule has 0 aliphatic rings. The van der Waals surface area contributed by atoms with E-state index in [4.69, 9.17) is 9.15 Å². The fraction of sp³-hybridized carbons (Fsp3) is 0.231. The molecule has 2 aromatic rings. The van der Waals surface area contributed by atoms with Crippen LogP contribution in [0.2, 0.25) is 0 Å². The number of ether oxygens (including phenoxy) is 1. The van der Waals surface area contributed by atoms with E-state index in [2.05, 4.69) is 27.9 Å². The van der Waals surface area contributed by atoms with Crippen molar-refractivity contribution < 1.29 is 9.15 Å². The second-order valence-electron chi connectivity index (χ2n) is 3.52. The van der Waals surface area contributed by atoms with Crippen LogP contribution >= 0.6 is 22.6 Å². The van der Waals surface area contributed by atoms with Gasteiger partial charge in [0.2, 0.25) is 0 Å². The van der Waals surface area contributed by atoms with Crippen LogP contribution in [-0.2, 0) is 6.54 Å². The van der Waals surface area contributed by atoms with Crippen molar-refractivity contribution in [3.05, 3.63) is 45.9 Å². The molecular formula is C13H14INO2. The lowest BCUT2D eigenvalue weighted by Crippen LogP contribution is -1.98. The predicted octanol–water partition coefficient (Wildman–Crippen LogP) is 3.90. The minimum atomic E-state index is 0.691. The monoisotopic (exact) mass is 343 g/mol. The molecule has 90 valence electrons. The van der Waals surface area contributed by atoms with Crippen LogP contribution in [0.15, 0.2) is 40.8 Å². The Kier molecular flexibility index (Phi) is 4.30. The summed E-state index contributed by atoms with van der Waals surface area (Å²) < 4.78 is 11.8. The summed E-state index contributed by atoms with van der Waals surface area (Å²) in [6, 6.07) is 11.8. The molecule has 3 nitrogen and oxygen atoms in total. The van der Waals surface area contributed by atoms with Gasteiger partial charge in [-0.25, -0.2) is 0 Å². The molecule has 0 saturated heterocycles. The Hall–Kier alpha value is -1.17. The third-order valence-corrected chi connectivity index (χ3v) is 2.84. The third kappa shape index (κ3) is 3.66. The van der Waals surface area contributed by atoms with Crippen LogP contribution in [-0.4, -0.2) is 6.61 Å². The minimum absolute atomic E-state index is 0.691. The fourth-order valence-corrected chi connectivity index (χ4v) is 1.93. The number of rotatable bonds is 5. The van der Waals surface area contributed by atoms with Crippen LogP contribution in [0.25, 0.3) is 0 Å². The quantitative estimate of drug-likeness (QED) is 0.837. The van der Waals surface area contributed by atoms with Crippen molar-refractivity contribution in [1.82, 2.24) is 0 Å². The average molecular weight is 343 g/mol. The number of halogens is 1. The summed E-state index contributed by atoms with van der Waals surface area (Å²) in [4.78, 5) is 0. The highest BCUT2D eigenvalue weighted by atomic mass is 127. The zero-order chi connectivity index (χ0) is 12.1. The molecule has 0 amide bonds. The topological polar surface area (TPSA) is 34.4 Å². The Morgan fingerprint density at radius 1 is 1.18 bits per heavy atom. The van der Waals surface area contributed by atoms with Crippen molar-refractivity contribution in [2.75, 3.05) is 11.9 Å². The van der Waals surface area contributed by atoms with E-state index in [1.54, 1.807) is 0 Å². The van der Waals surface area contributed by atoms with E-state index in [9.17, 15) is 0 Å². The summed E-state index contributed by atoms with van der Waals surface area (Å²) >= 11 is 2.16. The van der Waals surface area contributed by atoms with E-state index in [-0.39, 0.29) is 0 Å². The van der Waals surface area contributed by atoms with Crippen LogP contribution in [0, 0.1) is 3.77 Å². The van der Waals surface area contributed by atoms with Gasteiger partial charge in [-0.3, -0.25) is 0 Å². The highest BCUT2D eigenvalue weighted by Gasteiger charge is 1.99. The Morgan fingerprint density at radius 2 is 1.94 bits per heavy atom. The first-order chi connectivity index (χ1) is 8.28. The molecule has 17 heavy (non-hydrogen) atoms. The first kappa shape index (κ1) is 12.3. The summed E-state index contributed by atoms with van der Waals surface area (Å²) in [7, 11) is 0. The van der Waals surface area contributed by atoms with Gasteiger partial charge in [-0.2, -0.15) is 0 Å². The van der Waals surface area contributed by atoms with Crippen molar-refractivity contribution in [2.24, 2.45) is 0 Å². The van der Waals surface area contributed by atoms with Crippen molar-refractivity contribution >= 4 is 28.3 Å². The maximum absolute atomic E-state index is 5.47. The van der Waals surface area contributed by atoms with Gasteiger partial charge in [0, 0.05) is 5.69 Å². The van der Waals surface area contributed by atoms with Crippen molar-refractivity contribution in [3.8, 4) is 5.75 Å². The maximum atomic E-state index is 5.47. The largest absolute Gasteiger partial charge is 0.494 e. The molecule has 1 aromatic carbocycles. The minimum Gasteiger partial charge on any atom is -0.494 e. The van der Waals surface area contributed by atoms with Gasteiger partial charge in [0.1, 0.15) is 11.5 Å². The molecule has 2 rings (SSSR count). The molecule has 0 bridgehead atoms. The van der Waals surface area contributed by atoms with Crippen LogP contribution in [0.5, 0.6) is 5.75 Å². The van der Waals surface area contributed by atoms with Gasteiger partial charge in [-0.05, 0) is 65.9 Å². The number of anilines is 1. The lowest BCUT2D eigenvalue weighted by atomic mass is 10.3. The van der Waals surface area contributed by atoms with E-state index in [1.807, 2.05) is 43.3 Å². The van der Waals surface area contributed by atoms with E-state index in [0.29, 0.717) is 13.2 Å². The second kappa shape index (κ2) is 5.95. The Labute approximate surface area is 114 Å². The molecular weight excluding hydrogens is 329 g/mol. The molecule has 0 unspecified atom stereocenters. The number of furan rings is 1. The summed E-state index contributed by atoms with van der Waals surface area (Å²) in [5.41, 5.74) is 1.06. The Morgan fingerprint density at radius 3 is 2.53 bits per heavy atom. The highest BCUT2D eigenvalue weighted by molar-refractivity contribution is 14.1. The van der Waals surface area contributed by atoms with Crippen LogP contribution in [0.3, 0.4) is 0 Å². The molecule has 0 fully saturated rings. The van der Waals surface area contributed by atoms with Crippen molar-refractivity contribution in [2.45, 2.75) is 13.5 Å². The van der Waals surface area contributed by atoms with Crippen molar-refractivity contribution in [1.29, 1.82) is 0 Å². The normalized spacial score (nSPS) is 10.2. The smallest absolute Gasteiger partial charge is 0.164 e. The summed E-state index contributed by atoms with van der Waals surface area (Å²) in [5, 5.41) is 3.29. The van der Waals surface area contributed by atoms with E-state index in [0.717, 1.165) is 21.0 Å². The summed E-state index contributed by atoms with van der Waals surface area (Å²) in [5.74, 6) is 1.83. The predicted molar refractivity (Wildman–Crippen MR) is 76.4 cm³/mol. The molecule has 0 spiro atoms. The first-order valence-corrected chi connectivity index (χ1v) is 6.57. The molecule has 1 aromatic heterocycles. The number of hydrogen-bond acceptors (Lipinski definition) is 3. The molecule has 1 heterocycles. The first-order valence-electron chi connectivity index (χ1n) is 5.49. The lowest BCUT2D eigenvalue weighted by molar-refractivity contribution is 0.340.